The van der Waals surface area contributed by atoms with Crippen molar-refractivity contribution in [3.63, 3.8) is 0 Å². The molecule has 0 saturated carbocycles. The van der Waals surface area contributed by atoms with E-state index in [4.69, 9.17) is 4.74 Å². The maximum Gasteiger partial charge on any atom is 0.392 e. The van der Waals surface area contributed by atoms with Gasteiger partial charge in [-0.2, -0.15) is 13.2 Å². The zero-order chi connectivity index (χ0) is 24.1. The van der Waals surface area contributed by atoms with Gasteiger partial charge in [0.15, 0.2) is 0 Å². The monoisotopic (exact) mass is 451 g/mol. The van der Waals surface area contributed by atoms with Crippen LogP contribution >= 0.6 is 0 Å². The Kier molecular flexibility index (Phi) is 8.35. The number of ketones is 1. The molecule has 174 valence electrons. The van der Waals surface area contributed by atoms with Crippen molar-refractivity contribution >= 4 is 11.7 Å². The van der Waals surface area contributed by atoms with Gasteiger partial charge < -0.3 is 10.1 Å². The predicted octanol–water partition coefficient (Wildman–Crippen LogP) is 4.68. The summed E-state index contributed by atoms with van der Waals surface area (Å²) in [6.45, 7) is 8.42. The third-order valence-electron chi connectivity index (χ3n) is 4.81. The Morgan fingerprint density at radius 2 is 1.81 bits per heavy atom. The maximum atomic E-state index is 12.6. The van der Waals surface area contributed by atoms with E-state index >= 15 is 0 Å². The summed E-state index contributed by atoms with van der Waals surface area (Å²) in [4.78, 5) is 33.1. The lowest BCUT2D eigenvalue weighted by Gasteiger charge is -2.17. The van der Waals surface area contributed by atoms with Crippen molar-refractivity contribution < 1.29 is 27.5 Å². The van der Waals surface area contributed by atoms with E-state index in [0.717, 1.165) is 11.3 Å². The molecule has 2 aromatic rings. The number of hydrogen-bond acceptors (Lipinski definition) is 5. The van der Waals surface area contributed by atoms with Gasteiger partial charge in [0.05, 0.1) is 25.3 Å². The number of carbonyl (C=O) groups excluding carboxylic acids is 2. The van der Waals surface area contributed by atoms with E-state index in [2.05, 4.69) is 15.3 Å². The highest BCUT2D eigenvalue weighted by Gasteiger charge is 2.27. The Morgan fingerprint density at radius 3 is 2.41 bits per heavy atom. The number of aromatic nitrogens is 2. The topological polar surface area (TPSA) is 81.2 Å². The van der Waals surface area contributed by atoms with Crippen LogP contribution in [-0.4, -0.2) is 34.4 Å². The summed E-state index contributed by atoms with van der Waals surface area (Å²) in [7, 11) is 0. The molecule has 0 aliphatic rings. The standard InChI is InChI=1S/C23H28F3N3O3/c1-13(2)20(30)11-18-10-17(9-15(4)28-18)16(5)29-22(31)19-8-14(3)21(12-27-19)32-7-6-23(24,25)26/h8-10,12-13,16H,6-7,11H2,1-5H3,(H,29,31). The van der Waals surface area contributed by atoms with Crippen LogP contribution in [0.25, 0.3) is 0 Å². The lowest BCUT2D eigenvalue weighted by Crippen LogP contribution is -2.28. The van der Waals surface area contributed by atoms with Gasteiger partial charge in [-0.05, 0) is 50.1 Å². The zero-order valence-electron chi connectivity index (χ0n) is 18.8. The number of hydrogen-bond donors (Lipinski definition) is 1. The van der Waals surface area contributed by atoms with Crippen LogP contribution < -0.4 is 10.1 Å². The molecular weight excluding hydrogens is 423 g/mol. The second-order valence-electron chi connectivity index (χ2n) is 8.07. The Bertz CT molecular complexity index is 975. The molecule has 2 aromatic heterocycles. The minimum Gasteiger partial charge on any atom is -0.491 e. The number of amides is 1. The second-order valence-corrected chi connectivity index (χ2v) is 8.07. The van der Waals surface area contributed by atoms with Crippen LogP contribution in [0.3, 0.4) is 0 Å². The Hall–Kier alpha value is -2.97. The average molecular weight is 451 g/mol. The number of nitrogens with one attached hydrogen (secondary N) is 1. The number of Topliss-reactive ketones (excluding diaryl/α,β-unsaturated/α-hetero) is 1. The third-order valence-corrected chi connectivity index (χ3v) is 4.81. The van der Waals surface area contributed by atoms with E-state index in [0.29, 0.717) is 11.3 Å². The molecule has 2 heterocycles. The molecule has 9 heteroatoms. The van der Waals surface area contributed by atoms with E-state index in [1.807, 2.05) is 33.8 Å². The molecule has 0 aromatic carbocycles. The first-order valence-corrected chi connectivity index (χ1v) is 10.3. The first-order valence-electron chi connectivity index (χ1n) is 10.3. The summed E-state index contributed by atoms with van der Waals surface area (Å²) in [5.74, 6) is -0.240. The minimum atomic E-state index is -4.30. The van der Waals surface area contributed by atoms with Gasteiger partial charge in [-0.3, -0.25) is 14.6 Å². The fourth-order valence-corrected chi connectivity index (χ4v) is 2.94. The molecule has 0 saturated heterocycles. The summed E-state index contributed by atoms with van der Waals surface area (Å²) in [5, 5.41) is 2.85. The number of pyridine rings is 2. The molecule has 0 radical (unpaired) electrons. The Morgan fingerprint density at radius 1 is 1.12 bits per heavy atom. The van der Waals surface area contributed by atoms with Gasteiger partial charge in [0.1, 0.15) is 17.2 Å². The van der Waals surface area contributed by atoms with Gasteiger partial charge >= 0.3 is 6.18 Å². The van der Waals surface area contributed by atoms with Gasteiger partial charge in [-0.1, -0.05) is 13.8 Å². The number of alkyl halides is 3. The van der Waals surface area contributed by atoms with E-state index in [-0.39, 0.29) is 35.6 Å². The van der Waals surface area contributed by atoms with Crippen LogP contribution in [0.5, 0.6) is 5.75 Å². The molecule has 0 spiro atoms. The van der Waals surface area contributed by atoms with Crippen LogP contribution in [-0.2, 0) is 11.2 Å². The van der Waals surface area contributed by atoms with Gasteiger partial charge in [0.25, 0.3) is 5.91 Å². The lowest BCUT2D eigenvalue weighted by atomic mass is 10.0. The number of nitrogens with zero attached hydrogens (tertiary/aromatic N) is 2. The first-order chi connectivity index (χ1) is 14.9. The van der Waals surface area contributed by atoms with Crippen molar-refractivity contribution in [2.75, 3.05) is 6.61 Å². The summed E-state index contributed by atoms with van der Waals surface area (Å²) >= 11 is 0. The molecule has 0 bridgehead atoms. The summed E-state index contributed by atoms with van der Waals surface area (Å²) in [6.07, 6.45) is -3.89. The van der Waals surface area contributed by atoms with Crippen LogP contribution in [0.4, 0.5) is 13.2 Å². The van der Waals surface area contributed by atoms with Crippen LogP contribution in [0.1, 0.15) is 66.2 Å². The molecule has 2 rings (SSSR count). The van der Waals surface area contributed by atoms with Crippen molar-refractivity contribution in [2.45, 2.75) is 59.7 Å². The van der Waals surface area contributed by atoms with Crippen molar-refractivity contribution in [1.29, 1.82) is 0 Å². The summed E-state index contributed by atoms with van der Waals surface area (Å²) < 4.78 is 41.9. The van der Waals surface area contributed by atoms with E-state index in [9.17, 15) is 22.8 Å². The number of ether oxygens (including phenoxy) is 1. The minimum absolute atomic E-state index is 0.0861. The molecular formula is C23H28F3N3O3. The molecule has 32 heavy (non-hydrogen) atoms. The fraction of sp³-hybridized carbons (Fsp3) is 0.478. The molecule has 6 nitrogen and oxygen atoms in total. The SMILES string of the molecule is Cc1cc(C(C)NC(=O)c2cc(C)c(OCCC(F)(F)F)cn2)cc(CC(=O)C(C)C)n1. The zero-order valence-corrected chi connectivity index (χ0v) is 18.8. The van der Waals surface area contributed by atoms with Crippen LogP contribution in [0, 0.1) is 19.8 Å². The molecule has 1 unspecified atom stereocenters. The molecule has 0 aliphatic carbocycles. The maximum absolute atomic E-state index is 12.6. The summed E-state index contributed by atoms with van der Waals surface area (Å²) in [5.41, 5.74) is 2.83. The van der Waals surface area contributed by atoms with E-state index in [1.54, 1.807) is 13.0 Å². The van der Waals surface area contributed by atoms with Gasteiger partial charge in [-0.25, -0.2) is 4.98 Å². The third kappa shape index (κ3) is 7.62. The number of carbonyl (C=O) groups is 2. The second kappa shape index (κ2) is 10.6. The number of halogens is 3. The smallest absolute Gasteiger partial charge is 0.392 e. The van der Waals surface area contributed by atoms with Gasteiger partial charge in [0, 0.05) is 23.7 Å². The highest BCUT2D eigenvalue weighted by molar-refractivity contribution is 5.92. The molecule has 0 fully saturated rings. The largest absolute Gasteiger partial charge is 0.491 e. The highest BCUT2D eigenvalue weighted by atomic mass is 19.4. The molecule has 1 atom stereocenters. The van der Waals surface area contributed by atoms with Crippen molar-refractivity contribution in [3.8, 4) is 5.75 Å². The van der Waals surface area contributed by atoms with Crippen LogP contribution in [0.2, 0.25) is 0 Å². The van der Waals surface area contributed by atoms with Gasteiger partial charge in [-0.15, -0.1) is 0 Å². The lowest BCUT2D eigenvalue weighted by molar-refractivity contribution is -0.139. The predicted molar refractivity (Wildman–Crippen MR) is 114 cm³/mol. The highest BCUT2D eigenvalue weighted by Crippen LogP contribution is 2.22. The van der Waals surface area contributed by atoms with Crippen molar-refractivity contribution in [3.05, 3.63) is 52.6 Å². The first kappa shape index (κ1) is 25.3. The van der Waals surface area contributed by atoms with Gasteiger partial charge in [0.2, 0.25) is 0 Å². The van der Waals surface area contributed by atoms with E-state index < -0.39 is 25.1 Å². The number of aryl methyl sites for hydroxylation is 2. The Labute approximate surface area is 185 Å². The molecule has 0 aliphatic heterocycles. The molecule has 1 N–H and O–H groups in total. The average Bonchev–Trinajstić information content (AvgIpc) is 2.67. The fourth-order valence-electron chi connectivity index (χ4n) is 2.94. The number of rotatable bonds is 9. The quantitative estimate of drug-likeness (QED) is 0.599. The molecule has 1 amide bonds. The normalized spacial score (nSPS) is 12.5. The summed E-state index contributed by atoms with van der Waals surface area (Å²) in [6, 6.07) is 4.73. The Balaban J connectivity index is 2.06. The van der Waals surface area contributed by atoms with Crippen molar-refractivity contribution in [1.82, 2.24) is 15.3 Å². The van der Waals surface area contributed by atoms with Crippen LogP contribution in [0.15, 0.2) is 24.4 Å². The van der Waals surface area contributed by atoms with Crippen molar-refractivity contribution in [2.24, 2.45) is 5.92 Å². The van der Waals surface area contributed by atoms with E-state index in [1.165, 1.54) is 12.3 Å².